The number of carbonyl (C=O) groups excluding carboxylic acids is 2. The van der Waals surface area contributed by atoms with Gasteiger partial charge in [0.25, 0.3) is 11.8 Å². The van der Waals surface area contributed by atoms with E-state index in [1.54, 1.807) is 30.3 Å². The van der Waals surface area contributed by atoms with E-state index in [0.29, 0.717) is 16.9 Å². The second kappa shape index (κ2) is 4.49. The molecule has 1 aromatic heterocycles. The van der Waals surface area contributed by atoms with E-state index in [1.807, 2.05) is 31.2 Å². The molecule has 22 heavy (non-hydrogen) atoms. The molecule has 0 radical (unpaired) electrons. The summed E-state index contributed by atoms with van der Waals surface area (Å²) >= 11 is 0. The molecular weight excluding hydrogens is 276 g/mol. The molecule has 0 bridgehead atoms. The lowest BCUT2D eigenvalue weighted by molar-refractivity contribution is 0.0925. The summed E-state index contributed by atoms with van der Waals surface area (Å²) in [5, 5.41) is 0.978. The van der Waals surface area contributed by atoms with Gasteiger partial charge in [-0.1, -0.05) is 24.3 Å². The first-order valence-corrected chi connectivity index (χ1v) is 7.00. The topological polar surface area (TPSA) is 50.3 Å². The summed E-state index contributed by atoms with van der Waals surface area (Å²) in [6.45, 7) is 1.98. The molecule has 2 amide bonds. The SMILES string of the molecule is Cc1ccc2ccc(N3C(=O)c4ccccc4C3=O)nc2c1. The number of amides is 2. The number of benzene rings is 2. The minimum atomic E-state index is -0.319. The minimum absolute atomic E-state index is 0.319. The Hall–Kier alpha value is -3.01. The molecule has 0 saturated carbocycles. The minimum Gasteiger partial charge on any atom is -0.268 e. The normalized spacial score (nSPS) is 13.8. The van der Waals surface area contributed by atoms with Crippen molar-refractivity contribution in [1.82, 2.24) is 4.98 Å². The molecule has 0 fully saturated rings. The van der Waals surface area contributed by atoms with E-state index in [9.17, 15) is 9.59 Å². The molecule has 4 rings (SSSR count). The highest BCUT2D eigenvalue weighted by molar-refractivity contribution is 6.34. The number of hydrogen-bond acceptors (Lipinski definition) is 3. The van der Waals surface area contributed by atoms with Crippen molar-refractivity contribution in [1.29, 1.82) is 0 Å². The van der Waals surface area contributed by atoms with E-state index >= 15 is 0 Å². The highest BCUT2D eigenvalue weighted by Gasteiger charge is 2.37. The number of hydrogen-bond donors (Lipinski definition) is 0. The highest BCUT2D eigenvalue weighted by Crippen LogP contribution is 2.28. The van der Waals surface area contributed by atoms with Gasteiger partial charge >= 0.3 is 0 Å². The maximum atomic E-state index is 12.5. The number of nitrogens with zero attached hydrogens (tertiary/aromatic N) is 2. The highest BCUT2D eigenvalue weighted by atomic mass is 16.2. The Morgan fingerprint density at radius 1 is 0.864 bits per heavy atom. The number of pyridine rings is 1. The van der Waals surface area contributed by atoms with Crippen LogP contribution in [0.3, 0.4) is 0 Å². The third-order valence-electron chi connectivity index (χ3n) is 3.86. The molecule has 0 atom stereocenters. The molecule has 1 aliphatic rings. The van der Waals surface area contributed by atoms with Crippen LogP contribution in [0.2, 0.25) is 0 Å². The Balaban J connectivity index is 1.86. The standard InChI is InChI=1S/C18H12N2O2/c1-11-6-7-12-8-9-16(19-15(12)10-11)20-17(21)13-4-2-3-5-14(13)18(20)22/h2-10H,1H3. The molecule has 1 aliphatic heterocycles. The molecule has 4 heteroatoms. The van der Waals surface area contributed by atoms with Gasteiger partial charge in [-0.15, -0.1) is 0 Å². The maximum Gasteiger partial charge on any atom is 0.267 e. The largest absolute Gasteiger partial charge is 0.268 e. The lowest BCUT2D eigenvalue weighted by Gasteiger charge is -2.13. The van der Waals surface area contributed by atoms with Crippen LogP contribution in [0.15, 0.2) is 54.6 Å². The third kappa shape index (κ3) is 1.74. The van der Waals surface area contributed by atoms with E-state index in [-0.39, 0.29) is 11.8 Å². The Kier molecular flexibility index (Phi) is 2.60. The van der Waals surface area contributed by atoms with Crippen molar-refractivity contribution in [3.8, 4) is 0 Å². The predicted octanol–water partition coefficient (Wildman–Crippen LogP) is 3.34. The zero-order valence-electron chi connectivity index (χ0n) is 11.9. The summed E-state index contributed by atoms with van der Waals surface area (Å²) in [7, 11) is 0. The number of anilines is 1. The second-order valence-corrected chi connectivity index (χ2v) is 5.36. The number of rotatable bonds is 1. The second-order valence-electron chi connectivity index (χ2n) is 5.36. The monoisotopic (exact) mass is 288 g/mol. The quantitative estimate of drug-likeness (QED) is 0.645. The van der Waals surface area contributed by atoms with Gasteiger partial charge in [0.05, 0.1) is 16.6 Å². The molecule has 2 aromatic carbocycles. The van der Waals surface area contributed by atoms with Crippen LogP contribution in [0, 0.1) is 6.92 Å². The molecule has 0 spiro atoms. The molecule has 0 unspecified atom stereocenters. The van der Waals surface area contributed by atoms with Crippen LogP contribution in [0.4, 0.5) is 5.82 Å². The van der Waals surface area contributed by atoms with Crippen LogP contribution in [0.25, 0.3) is 10.9 Å². The number of aryl methyl sites for hydroxylation is 1. The van der Waals surface area contributed by atoms with Crippen molar-refractivity contribution in [3.63, 3.8) is 0 Å². The number of aromatic nitrogens is 1. The Morgan fingerprint density at radius 3 is 2.18 bits per heavy atom. The van der Waals surface area contributed by atoms with E-state index in [4.69, 9.17) is 0 Å². The average molecular weight is 288 g/mol. The van der Waals surface area contributed by atoms with Gasteiger partial charge in [0, 0.05) is 5.39 Å². The van der Waals surface area contributed by atoms with Crippen LogP contribution in [0.1, 0.15) is 26.3 Å². The van der Waals surface area contributed by atoms with Crippen molar-refractivity contribution < 1.29 is 9.59 Å². The molecule has 0 aliphatic carbocycles. The predicted molar refractivity (Wildman–Crippen MR) is 84.1 cm³/mol. The van der Waals surface area contributed by atoms with Crippen molar-refractivity contribution >= 4 is 28.5 Å². The van der Waals surface area contributed by atoms with Gasteiger partial charge in [0.15, 0.2) is 0 Å². The van der Waals surface area contributed by atoms with Gasteiger partial charge in [-0.05, 0) is 42.8 Å². The molecule has 106 valence electrons. The third-order valence-corrected chi connectivity index (χ3v) is 3.86. The van der Waals surface area contributed by atoms with Gasteiger partial charge in [0.2, 0.25) is 0 Å². The smallest absolute Gasteiger partial charge is 0.267 e. The lowest BCUT2D eigenvalue weighted by Crippen LogP contribution is -2.30. The summed E-state index contributed by atoms with van der Waals surface area (Å²) in [6.07, 6.45) is 0. The summed E-state index contributed by atoms with van der Waals surface area (Å²) in [6, 6.07) is 16.4. The molecule has 0 saturated heterocycles. The molecule has 3 aromatic rings. The molecule has 2 heterocycles. The van der Waals surface area contributed by atoms with Crippen molar-refractivity contribution in [3.05, 3.63) is 71.3 Å². The van der Waals surface area contributed by atoms with E-state index in [0.717, 1.165) is 21.4 Å². The fourth-order valence-corrected chi connectivity index (χ4v) is 2.74. The van der Waals surface area contributed by atoms with Gasteiger partial charge in [-0.3, -0.25) is 9.59 Å². The lowest BCUT2D eigenvalue weighted by atomic mass is 10.1. The van der Waals surface area contributed by atoms with Gasteiger partial charge in [-0.25, -0.2) is 9.88 Å². The van der Waals surface area contributed by atoms with E-state index < -0.39 is 0 Å². The van der Waals surface area contributed by atoms with Crippen molar-refractivity contribution in [2.24, 2.45) is 0 Å². The fourth-order valence-electron chi connectivity index (χ4n) is 2.74. The van der Waals surface area contributed by atoms with Crippen LogP contribution in [-0.2, 0) is 0 Å². The summed E-state index contributed by atoms with van der Waals surface area (Å²) in [5.41, 5.74) is 2.71. The number of imide groups is 1. The van der Waals surface area contributed by atoms with Crippen LogP contribution in [0.5, 0.6) is 0 Å². The van der Waals surface area contributed by atoms with Crippen LogP contribution in [-0.4, -0.2) is 16.8 Å². The Morgan fingerprint density at radius 2 is 1.50 bits per heavy atom. The number of carbonyl (C=O) groups is 2. The Bertz CT molecular complexity index is 912. The zero-order chi connectivity index (χ0) is 15.3. The van der Waals surface area contributed by atoms with E-state index in [2.05, 4.69) is 4.98 Å². The Labute approximate surface area is 127 Å². The van der Waals surface area contributed by atoms with Gasteiger partial charge in [0.1, 0.15) is 5.82 Å². The van der Waals surface area contributed by atoms with Crippen LogP contribution < -0.4 is 4.90 Å². The first kappa shape index (κ1) is 12.7. The molecule has 4 nitrogen and oxygen atoms in total. The zero-order valence-corrected chi connectivity index (χ0v) is 11.9. The summed E-state index contributed by atoms with van der Waals surface area (Å²) < 4.78 is 0. The van der Waals surface area contributed by atoms with Gasteiger partial charge in [-0.2, -0.15) is 0 Å². The first-order chi connectivity index (χ1) is 10.6. The average Bonchev–Trinajstić information content (AvgIpc) is 2.79. The number of fused-ring (bicyclic) bond motifs is 2. The van der Waals surface area contributed by atoms with Gasteiger partial charge < -0.3 is 0 Å². The molecule has 0 N–H and O–H groups in total. The van der Waals surface area contributed by atoms with E-state index in [1.165, 1.54) is 0 Å². The fraction of sp³-hybridized carbons (Fsp3) is 0.0556. The maximum absolute atomic E-state index is 12.5. The first-order valence-electron chi connectivity index (χ1n) is 7.00. The summed E-state index contributed by atoms with van der Waals surface area (Å²) in [4.78, 5) is 30.6. The molecular formula is C18H12N2O2. The van der Waals surface area contributed by atoms with Crippen molar-refractivity contribution in [2.45, 2.75) is 6.92 Å². The van der Waals surface area contributed by atoms with Crippen molar-refractivity contribution in [2.75, 3.05) is 4.90 Å². The van der Waals surface area contributed by atoms with Crippen LogP contribution >= 0.6 is 0 Å². The summed E-state index contributed by atoms with van der Waals surface area (Å²) in [5.74, 6) is -0.274.